The smallest absolute Gasteiger partial charge is 0.339 e. The zero-order valence-corrected chi connectivity index (χ0v) is 10.5. The van der Waals surface area contributed by atoms with Gasteiger partial charge in [0.05, 0.1) is 11.5 Å². The lowest BCUT2D eigenvalue weighted by molar-refractivity contribution is 0.468. The van der Waals surface area contributed by atoms with E-state index in [0.717, 1.165) is 11.8 Å². The van der Waals surface area contributed by atoms with Crippen molar-refractivity contribution in [2.75, 3.05) is 18.0 Å². The van der Waals surface area contributed by atoms with Gasteiger partial charge in [0.25, 0.3) is 0 Å². The molecule has 2 aromatic rings. The number of benzene rings is 1. The van der Waals surface area contributed by atoms with Crippen LogP contribution in [-0.4, -0.2) is 18.2 Å². The van der Waals surface area contributed by atoms with Crippen LogP contribution >= 0.6 is 0 Å². The SMILES string of the molecule is C=CCN(CC=C)c1ccc2c(O)cc(=O)oc2c1. The quantitative estimate of drug-likeness (QED) is 0.661. The molecule has 1 aromatic carbocycles. The largest absolute Gasteiger partial charge is 0.507 e. The molecule has 1 N–H and O–H groups in total. The molecule has 0 atom stereocenters. The summed E-state index contributed by atoms with van der Waals surface area (Å²) >= 11 is 0. The Morgan fingerprint density at radius 2 is 1.89 bits per heavy atom. The molecule has 98 valence electrons. The molecule has 4 nitrogen and oxygen atoms in total. The summed E-state index contributed by atoms with van der Waals surface area (Å²) < 4.78 is 5.10. The molecule has 0 aliphatic rings. The minimum Gasteiger partial charge on any atom is -0.507 e. The second-order valence-corrected chi connectivity index (χ2v) is 4.11. The lowest BCUT2D eigenvalue weighted by atomic mass is 10.2. The molecule has 0 saturated carbocycles. The van der Waals surface area contributed by atoms with Crippen LogP contribution in [0.2, 0.25) is 0 Å². The third-order valence-corrected chi connectivity index (χ3v) is 2.77. The lowest BCUT2D eigenvalue weighted by Crippen LogP contribution is -2.22. The normalized spacial score (nSPS) is 10.3. The average Bonchev–Trinajstić information content (AvgIpc) is 2.37. The van der Waals surface area contributed by atoms with Gasteiger partial charge in [-0.2, -0.15) is 0 Å². The summed E-state index contributed by atoms with van der Waals surface area (Å²) in [6.45, 7) is 8.73. The van der Waals surface area contributed by atoms with E-state index in [1.54, 1.807) is 24.3 Å². The highest BCUT2D eigenvalue weighted by Crippen LogP contribution is 2.26. The third-order valence-electron chi connectivity index (χ3n) is 2.77. The first kappa shape index (κ1) is 13.0. The number of nitrogens with zero attached hydrogens (tertiary/aromatic N) is 1. The first-order chi connectivity index (χ1) is 9.15. The molecule has 0 bridgehead atoms. The van der Waals surface area contributed by atoms with Crippen molar-refractivity contribution in [2.45, 2.75) is 0 Å². The third kappa shape index (κ3) is 2.68. The van der Waals surface area contributed by atoms with Crippen molar-refractivity contribution in [2.24, 2.45) is 0 Å². The number of aromatic hydroxyl groups is 1. The number of hydrogen-bond donors (Lipinski definition) is 1. The van der Waals surface area contributed by atoms with E-state index in [2.05, 4.69) is 13.2 Å². The molecule has 19 heavy (non-hydrogen) atoms. The van der Waals surface area contributed by atoms with E-state index in [1.807, 2.05) is 11.0 Å². The fraction of sp³-hybridized carbons (Fsp3) is 0.133. The molecule has 0 radical (unpaired) electrons. The zero-order valence-electron chi connectivity index (χ0n) is 10.5. The van der Waals surface area contributed by atoms with E-state index in [9.17, 15) is 9.90 Å². The fourth-order valence-electron chi connectivity index (χ4n) is 1.93. The van der Waals surface area contributed by atoms with Gasteiger partial charge in [0.1, 0.15) is 11.3 Å². The Kier molecular flexibility index (Phi) is 3.71. The molecule has 0 amide bonds. The maximum Gasteiger partial charge on any atom is 0.339 e. The van der Waals surface area contributed by atoms with Gasteiger partial charge >= 0.3 is 5.63 Å². The molecule has 0 unspecified atom stereocenters. The minimum atomic E-state index is -0.568. The predicted octanol–water partition coefficient (Wildman–Crippen LogP) is 2.68. The zero-order chi connectivity index (χ0) is 13.8. The summed E-state index contributed by atoms with van der Waals surface area (Å²) in [5.74, 6) is -0.0724. The van der Waals surface area contributed by atoms with Crippen molar-refractivity contribution in [3.63, 3.8) is 0 Å². The first-order valence-electron chi connectivity index (χ1n) is 5.89. The Bertz CT molecular complexity index is 663. The highest BCUT2D eigenvalue weighted by molar-refractivity contribution is 5.85. The van der Waals surface area contributed by atoms with Gasteiger partial charge < -0.3 is 14.4 Å². The maximum absolute atomic E-state index is 11.3. The van der Waals surface area contributed by atoms with Crippen molar-refractivity contribution in [1.29, 1.82) is 0 Å². The molecule has 0 saturated heterocycles. The van der Waals surface area contributed by atoms with Gasteiger partial charge in [-0.3, -0.25) is 0 Å². The van der Waals surface area contributed by atoms with Crippen LogP contribution in [0.15, 0.2) is 58.8 Å². The van der Waals surface area contributed by atoms with Crippen molar-refractivity contribution in [3.8, 4) is 5.75 Å². The van der Waals surface area contributed by atoms with E-state index in [0.29, 0.717) is 24.1 Å². The standard InChI is InChI=1S/C15H15NO3/c1-3-7-16(8-4-2)11-5-6-12-13(17)10-15(18)19-14(12)9-11/h3-6,9-10,17H,1-2,7-8H2. The summed E-state index contributed by atoms with van der Waals surface area (Å²) in [6, 6.07) is 6.37. The number of fused-ring (bicyclic) bond motifs is 1. The lowest BCUT2D eigenvalue weighted by Gasteiger charge is -2.21. The average molecular weight is 257 g/mol. The van der Waals surface area contributed by atoms with Gasteiger partial charge in [0.15, 0.2) is 0 Å². The summed E-state index contributed by atoms with van der Waals surface area (Å²) in [5, 5.41) is 10.2. The molecule has 0 aliphatic heterocycles. The van der Waals surface area contributed by atoms with Crippen LogP contribution in [0.5, 0.6) is 5.75 Å². The summed E-state index contributed by atoms with van der Waals surface area (Å²) in [4.78, 5) is 13.3. The number of hydrogen-bond acceptors (Lipinski definition) is 4. The Morgan fingerprint density at radius 3 is 2.53 bits per heavy atom. The van der Waals surface area contributed by atoms with Gasteiger partial charge in [-0.1, -0.05) is 12.2 Å². The number of anilines is 1. The second kappa shape index (κ2) is 5.44. The number of rotatable bonds is 5. The molecule has 0 aliphatic carbocycles. The highest BCUT2D eigenvalue weighted by Gasteiger charge is 2.08. The second-order valence-electron chi connectivity index (χ2n) is 4.11. The minimum absolute atomic E-state index is 0.0724. The Hall–Kier alpha value is -2.49. The monoisotopic (exact) mass is 257 g/mol. The van der Waals surface area contributed by atoms with E-state index in [1.165, 1.54) is 0 Å². The van der Waals surface area contributed by atoms with Crippen molar-refractivity contribution < 1.29 is 9.52 Å². The summed E-state index contributed by atoms with van der Waals surface area (Å²) in [5.41, 5.74) is 0.669. The van der Waals surface area contributed by atoms with E-state index >= 15 is 0 Å². The van der Waals surface area contributed by atoms with E-state index in [-0.39, 0.29) is 5.75 Å². The highest BCUT2D eigenvalue weighted by atomic mass is 16.4. The van der Waals surface area contributed by atoms with Gasteiger partial charge in [0, 0.05) is 24.8 Å². The first-order valence-corrected chi connectivity index (χ1v) is 5.89. The van der Waals surface area contributed by atoms with Crippen LogP contribution in [-0.2, 0) is 0 Å². The van der Waals surface area contributed by atoms with E-state index in [4.69, 9.17) is 4.42 Å². The summed E-state index contributed by atoms with van der Waals surface area (Å²) in [6.07, 6.45) is 3.57. The molecule has 4 heteroatoms. The maximum atomic E-state index is 11.3. The van der Waals surface area contributed by atoms with Crippen LogP contribution in [0.1, 0.15) is 0 Å². The topological polar surface area (TPSA) is 53.7 Å². The fourth-order valence-corrected chi connectivity index (χ4v) is 1.93. The molecule has 2 rings (SSSR count). The van der Waals surface area contributed by atoms with Crippen molar-refractivity contribution >= 4 is 16.7 Å². The molecular formula is C15H15NO3. The van der Waals surface area contributed by atoms with Gasteiger partial charge in [0.2, 0.25) is 0 Å². The molecule has 0 fully saturated rings. The predicted molar refractivity (Wildman–Crippen MR) is 76.8 cm³/mol. The van der Waals surface area contributed by atoms with Crippen molar-refractivity contribution in [1.82, 2.24) is 0 Å². The van der Waals surface area contributed by atoms with Gasteiger partial charge in [-0.25, -0.2) is 4.79 Å². The van der Waals surface area contributed by atoms with E-state index < -0.39 is 5.63 Å². The molecular weight excluding hydrogens is 242 g/mol. The van der Waals surface area contributed by atoms with Crippen LogP contribution in [0, 0.1) is 0 Å². The van der Waals surface area contributed by atoms with Gasteiger partial charge in [-0.05, 0) is 12.1 Å². The van der Waals surface area contributed by atoms with Crippen LogP contribution in [0.25, 0.3) is 11.0 Å². The molecule has 1 heterocycles. The van der Waals surface area contributed by atoms with Crippen LogP contribution < -0.4 is 10.5 Å². The Labute approximate surface area is 110 Å². The van der Waals surface area contributed by atoms with Crippen molar-refractivity contribution in [3.05, 3.63) is 60.0 Å². The summed E-state index contributed by atoms with van der Waals surface area (Å²) in [7, 11) is 0. The van der Waals surface area contributed by atoms with Gasteiger partial charge in [-0.15, -0.1) is 13.2 Å². The Morgan fingerprint density at radius 1 is 1.21 bits per heavy atom. The molecule has 1 aromatic heterocycles. The Balaban J connectivity index is 2.53. The van der Waals surface area contributed by atoms with Crippen LogP contribution in [0.4, 0.5) is 5.69 Å². The van der Waals surface area contributed by atoms with Crippen LogP contribution in [0.3, 0.4) is 0 Å². The molecule has 0 spiro atoms.